The molecule has 0 radical (unpaired) electrons. The lowest BCUT2D eigenvalue weighted by Gasteiger charge is -2.26. The number of nitrogens with one attached hydrogen (secondary N) is 1. The zero-order valence-corrected chi connectivity index (χ0v) is 25.5. The van der Waals surface area contributed by atoms with Gasteiger partial charge in [0.2, 0.25) is 0 Å². The third kappa shape index (κ3) is 5.16. The van der Waals surface area contributed by atoms with E-state index < -0.39 is 17.6 Å². The van der Waals surface area contributed by atoms with Gasteiger partial charge >= 0.3 is 0 Å². The summed E-state index contributed by atoms with van der Waals surface area (Å²) < 4.78 is 37.1. The molecule has 2 amide bonds. The summed E-state index contributed by atoms with van der Waals surface area (Å²) >= 11 is 1.54. The van der Waals surface area contributed by atoms with Crippen molar-refractivity contribution < 1.29 is 23.1 Å². The minimum Gasteiger partial charge on any atom is -0.490 e. The van der Waals surface area contributed by atoms with E-state index in [4.69, 9.17) is 14.8 Å². The lowest BCUT2D eigenvalue weighted by atomic mass is 9.94. The molecule has 0 bridgehead atoms. The summed E-state index contributed by atoms with van der Waals surface area (Å²) in [5.74, 6) is -1.87. The quantitative estimate of drug-likeness (QED) is 0.217. The first-order valence-electron chi connectivity index (χ1n) is 14.7. The van der Waals surface area contributed by atoms with Crippen LogP contribution in [0.25, 0.3) is 43.9 Å². The molecule has 11 heteroatoms. The number of aromatic nitrogens is 3. The highest BCUT2D eigenvalue weighted by molar-refractivity contribution is 7.18. The average Bonchev–Trinajstić information content (AvgIpc) is 3.67. The number of hydrogen-bond donors (Lipinski definition) is 1. The Balaban J connectivity index is 1.46. The number of nitrogens with zero attached hydrogens (tertiary/aromatic N) is 4. The number of carbonyl (C=O) groups is 2. The number of thiophene rings is 1. The van der Waals surface area contributed by atoms with Gasteiger partial charge < -0.3 is 15.0 Å². The van der Waals surface area contributed by atoms with Gasteiger partial charge in [-0.15, -0.1) is 11.3 Å². The normalized spacial score (nSPS) is 14.3. The van der Waals surface area contributed by atoms with Gasteiger partial charge in [-0.05, 0) is 67.6 Å². The Bertz CT molecular complexity index is 2030. The Kier molecular flexibility index (Phi) is 7.20. The van der Waals surface area contributed by atoms with Crippen LogP contribution in [0, 0.1) is 5.82 Å². The third-order valence-electron chi connectivity index (χ3n) is 8.05. The molecule has 45 heavy (non-hydrogen) atoms. The van der Waals surface area contributed by atoms with E-state index in [1.165, 1.54) is 28.4 Å². The van der Waals surface area contributed by atoms with Crippen LogP contribution in [0.1, 0.15) is 35.5 Å². The molecule has 0 fully saturated rings. The van der Waals surface area contributed by atoms with E-state index in [2.05, 4.69) is 11.9 Å². The number of benzene rings is 2. The van der Waals surface area contributed by atoms with Crippen molar-refractivity contribution >= 4 is 33.2 Å². The van der Waals surface area contributed by atoms with Crippen molar-refractivity contribution in [3.8, 4) is 39.5 Å². The minimum absolute atomic E-state index is 0.0890. The molecule has 7 rings (SSSR count). The van der Waals surface area contributed by atoms with Gasteiger partial charge in [0, 0.05) is 51.5 Å². The van der Waals surface area contributed by atoms with Crippen molar-refractivity contribution in [3.05, 3.63) is 89.0 Å². The van der Waals surface area contributed by atoms with Crippen LogP contribution in [0.2, 0.25) is 0 Å². The molecule has 0 saturated carbocycles. The Labute approximate surface area is 262 Å². The van der Waals surface area contributed by atoms with Crippen molar-refractivity contribution in [3.63, 3.8) is 0 Å². The number of rotatable bonds is 6. The second-order valence-electron chi connectivity index (χ2n) is 11.4. The molecule has 0 atom stereocenters. The topological polar surface area (TPSA) is 89.4 Å². The smallest absolute Gasteiger partial charge is 0.282 e. The summed E-state index contributed by atoms with van der Waals surface area (Å²) in [5.41, 5.74) is 6.46. The van der Waals surface area contributed by atoms with Crippen molar-refractivity contribution in [2.45, 2.75) is 39.5 Å². The van der Waals surface area contributed by atoms with Crippen molar-refractivity contribution in [2.75, 3.05) is 13.1 Å². The fraction of sp³-hybridized carbons (Fsp3) is 0.235. The molecular weight excluding hydrogens is 596 g/mol. The number of ether oxygens (including phenoxy) is 1. The van der Waals surface area contributed by atoms with Gasteiger partial charge in [-0.1, -0.05) is 12.6 Å². The highest BCUT2D eigenvalue weighted by atomic mass is 32.1. The van der Waals surface area contributed by atoms with Gasteiger partial charge in [0.15, 0.2) is 5.83 Å². The molecule has 3 aromatic heterocycles. The number of fused-ring (bicyclic) bond motifs is 3. The maximum atomic E-state index is 14.6. The first-order chi connectivity index (χ1) is 21.7. The molecule has 2 aromatic carbocycles. The highest BCUT2D eigenvalue weighted by Crippen LogP contribution is 2.46. The zero-order chi connectivity index (χ0) is 31.4. The predicted octanol–water partition coefficient (Wildman–Crippen LogP) is 6.53. The second kappa shape index (κ2) is 11.2. The summed E-state index contributed by atoms with van der Waals surface area (Å²) in [6, 6.07) is 14.1. The van der Waals surface area contributed by atoms with E-state index in [0.717, 1.165) is 38.2 Å². The van der Waals surface area contributed by atoms with Crippen LogP contribution in [0.15, 0.2) is 66.3 Å². The Hall–Kier alpha value is -4.90. The lowest BCUT2D eigenvalue weighted by molar-refractivity contribution is -0.130. The predicted molar refractivity (Wildman–Crippen MR) is 169 cm³/mol. The summed E-state index contributed by atoms with van der Waals surface area (Å²) in [6.45, 7) is 8.34. The fourth-order valence-corrected chi connectivity index (χ4v) is 6.99. The van der Waals surface area contributed by atoms with Crippen LogP contribution in [0.4, 0.5) is 8.78 Å². The van der Waals surface area contributed by atoms with Crippen LogP contribution < -0.4 is 10.1 Å². The van der Waals surface area contributed by atoms with Crippen LogP contribution in [-0.4, -0.2) is 50.7 Å². The van der Waals surface area contributed by atoms with Gasteiger partial charge in [0.05, 0.1) is 30.6 Å². The molecule has 2 aliphatic heterocycles. The first-order valence-corrected chi connectivity index (χ1v) is 15.6. The van der Waals surface area contributed by atoms with E-state index >= 15 is 0 Å². The maximum absolute atomic E-state index is 14.6. The van der Waals surface area contributed by atoms with Gasteiger partial charge in [0.25, 0.3) is 11.8 Å². The first kappa shape index (κ1) is 28.8. The third-order valence-corrected chi connectivity index (χ3v) is 8.98. The van der Waals surface area contributed by atoms with Gasteiger partial charge in [-0.2, -0.15) is 5.10 Å². The van der Waals surface area contributed by atoms with Crippen LogP contribution in [-0.2, 0) is 24.3 Å². The van der Waals surface area contributed by atoms with E-state index in [0.29, 0.717) is 54.3 Å². The van der Waals surface area contributed by atoms with E-state index in [1.54, 1.807) is 10.7 Å². The average molecular weight is 626 g/mol. The number of halogens is 2. The van der Waals surface area contributed by atoms with Crippen molar-refractivity contribution in [1.82, 2.24) is 25.0 Å². The monoisotopic (exact) mass is 625 g/mol. The second-order valence-corrected chi connectivity index (χ2v) is 12.3. The van der Waals surface area contributed by atoms with Crippen LogP contribution >= 0.6 is 11.3 Å². The molecule has 0 spiro atoms. The van der Waals surface area contributed by atoms with Gasteiger partial charge in [-0.25, -0.2) is 13.8 Å². The molecule has 5 heterocycles. The molecule has 1 N–H and O–H groups in total. The molecule has 0 unspecified atom stereocenters. The molecule has 5 aromatic rings. The molecule has 8 nitrogen and oxygen atoms in total. The number of amides is 2. The van der Waals surface area contributed by atoms with Crippen molar-refractivity contribution in [1.29, 1.82) is 0 Å². The zero-order valence-electron chi connectivity index (χ0n) is 24.7. The molecule has 0 saturated heterocycles. The summed E-state index contributed by atoms with van der Waals surface area (Å²) in [7, 11) is 0. The number of carbonyl (C=O) groups excluding carboxylic acids is 2. The summed E-state index contributed by atoms with van der Waals surface area (Å²) in [6.07, 6.45) is 0.508. The number of hydrogen-bond acceptors (Lipinski definition) is 6. The Morgan fingerprint density at radius 1 is 1.09 bits per heavy atom. The SMILES string of the molecule is C=C(F)C(=O)N1CCn2nc(-c3nc(-c4ccc5c(c4)CCNC5=O)c4ccsc4c3-c3ccc(F)cc3OC(C)C)cc2C1. The van der Waals surface area contributed by atoms with E-state index in [-0.39, 0.29) is 18.6 Å². The van der Waals surface area contributed by atoms with Crippen LogP contribution in [0.3, 0.4) is 0 Å². The van der Waals surface area contributed by atoms with Gasteiger partial charge in [0.1, 0.15) is 23.0 Å². The standard InChI is InChI=1S/C34H29F2N5O3S/c1-18(2)44-28-15-22(36)5-7-25(28)29-31(27-16-23-17-40(34(43)19(3)35)11-12-41(23)39-27)38-30(26-9-13-45-32(26)29)21-4-6-24-20(14-21)8-10-37-33(24)42/h4-7,9,13-16,18H,3,8,10-12,17H2,1-2H3,(H,37,42). The van der Waals surface area contributed by atoms with Crippen molar-refractivity contribution in [2.24, 2.45) is 0 Å². The largest absolute Gasteiger partial charge is 0.490 e. The fourth-order valence-electron chi connectivity index (χ4n) is 6.04. The number of pyridine rings is 1. The maximum Gasteiger partial charge on any atom is 0.282 e. The molecular formula is C34H29F2N5O3S. The summed E-state index contributed by atoms with van der Waals surface area (Å²) in [4.78, 5) is 31.5. The Morgan fingerprint density at radius 3 is 2.71 bits per heavy atom. The minimum atomic E-state index is -1.00. The van der Waals surface area contributed by atoms with E-state index in [1.807, 2.05) is 49.6 Å². The van der Waals surface area contributed by atoms with Gasteiger partial charge in [-0.3, -0.25) is 14.3 Å². The highest BCUT2D eigenvalue weighted by Gasteiger charge is 2.28. The molecule has 228 valence electrons. The molecule has 0 aliphatic carbocycles. The summed E-state index contributed by atoms with van der Waals surface area (Å²) in [5, 5.41) is 10.7. The van der Waals surface area contributed by atoms with E-state index in [9.17, 15) is 18.4 Å². The lowest BCUT2D eigenvalue weighted by Crippen LogP contribution is -2.38. The van der Waals surface area contributed by atoms with Crippen LogP contribution in [0.5, 0.6) is 5.75 Å². The Morgan fingerprint density at radius 2 is 1.91 bits per heavy atom. The molecule has 2 aliphatic rings.